The molecule has 0 aromatic heterocycles. The van der Waals surface area contributed by atoms with Crippen LogP contribution < -0.4 is 15.4 Å². The summed E-state index contributed by atoms with van der Waals surface area (Å²) in [6, 6.07) is 13.8. The SMILES string of the molecule is CCOc1cccc(C(=O)Nc2ccccc2C(=O)NC)c1. The molecule has 5 heteroatoms. The first-order valence-electron chi connectivity index (χ1n) is 7.01. The van der Waals surface area contributed by atoms with Gasteiger partial charge in [-0.2, -0.15) is 0 Å². The van der Waals surface area contributed by atoms with Crippen molar-refractivity contribution in [1.82, 2.24) is 5.32 Å². The second-order valence-electron chi connectivity index (χ2n) is 4.54. The minimum atomic E-state index is -0.294. The third-order valence-electron chi connectivity index (χ3n) is 3.05. The maximum absolute atomic E-state index is 12.3. The summed E-state index contributed by atoms with van der Waals surface area (Å²) in [5.41, 5.74) is 1.35. The highest BCUT2D eigenvalue weighted by Crippen LogP contribution is 2.18. The third kappa shape index (κ3) is 3.63. The Hall–Kier alpha value is -2.82. The monoisotopic (exact) mass is 298 g/mol. The van der Waals surface area contributed by atoms with E-state index in [9.17, 15) is 9.59 Å². The molecular formula is C17H18N2O3. The quantitative estimate of drug-likeness (QED) is 0.892. The second kappa shape index (κ2) is 7.26. The van der Waals surface area contributed by atoms with E-state index in [1.165, 1.54) is 0 Å². The molecule has 0 radical (unpaired) electrons. The summed E-state index contributed by atoms with van der Waals surface area (Å²) < 4.78 is 5.38. The largest absolute Gasteiger partial charge is 0.494 e. The van der Waals surface area contributed by atoms with Crippen LogP contribution in [0.15, 0.2) is 48.5 Å². The Bertz CT molecular complexity index is 683. The van der Waals surface area contributed by atoms with E-state index in [2.05, 4.69) is 10.6 Å². The van der Waals surface area contributed by atoms with Crippen molar-refractivity contribution in [1.29, 1.82) is 0 Å². The number of benzene rings is 2. The van der Waals surface area contributed by atoms with E-state index in [-0.39, 0.29) is 11.8 Å². The first kappa shape index (κ1) is 15.6. The molecule has 0 saturated heterocycles. The number of nitrogens with one attached hydrogen (secondary N) is 2. The molecule has 22 heavy (non-hydrogen) atoms. The Balaban J connectivity index is 2.22. The topological polar surface area (TPSA) is 67.4 Å². The third-order valence-corrected chi connectivity index (χ3v) is 3.05. The van der Waals surface area contributed by atoms with E-state index >= 15 is 0 Å². The number of rotatable bonds is 5. The predicted molar refractivity (Wildman–Crippen MR) is 85.4 cm³/mol. The summed E-state index contributed by atoms with van der Waals surface area (Å²) in [7, 11) is 1.55. The van der Waals surface area contributed by atoms with Crippen LogP contribution in [0.5, 0.6) is 5.75 Å². The summed E-state index contributed by atoms with van der Waals surface area (Å²) in [4.78, 5) is 24.1. The number of hydrogen-bond acceptors (Lipinski definition) is 3. The number of ether oxygens (including phenoxy) is 1. The molecule has 2 aromatic carbocycles. The molecule has 0 aliphatic rings. The highest BCUT2D eigenvalue weighted by molar-refractivity contribution is 6.09. The van der Waals surface area contributed by atoms with E-state index in [4.69, 9.17) is 4.74 Å². The van der Waals surface area contributed by atoms with E-state index in [0.717, 1.165) is 0 Å². The number of para-hydroxylation sites is 1. The molecule has 0 fully saturated rings. The summed E-state index contributed by atoms with van der Waals surface area (Å²) in [5.74, 6) is 0.0895. The predicted octanol–water partition coefficient (Wildman–Crippen LogP) is 2.70. The van der Waals surface area contributed by atoms with Crippen molar-refractivity contribution in [3.63, 3.8) is 0 Å². The van der Waals surface area contributed by atoms with Gasteiger partial charge in [-0.15, -0.1) is 0 Å². The minimum Gasteiger partial charge on any atom is -0.494 e. The smallest absolute Gasteiger partial charge is 0.255 e. The van der Waals surface area contributed by atoms with Crippen LogP contribution >= 0.6 is 0 Å². The standard InChI is InChI=1S/C17H18N2O3/c1-3-22-13-8-6-7-12(11-13)16(20)19-15-10-5-4-9-14(15)17(21)18-2/h4-11H,3H2,1-2H3,(H,18,21)(H,19,20). The second-order valence-corrected chi connectivity index (χ2v) is 4.54. The lowest BCUT2D eigenvalue weighted by Crippen LogP contribution is -2.21. The number of carbonyl (C=O) groups excluding carboxylic acids is 2. The van der Waals surface area contributed by atoms with Crippen molar-refractivity contribution >= 4 is 17.5 Å². The zero-order valence-electron chi connectivity index (χ0n) is 12.6. The van der Waals surface area contributed by atoms with Gasteiger partial charge in [-0.1, -0.05) is 18.2 Å². The van der Waals surface area contributed by atoms with Crippen molar-refractivity contribution < 1.29 is 14.3 Å². The minimum absolute atomic E-state index is 0.251. The highest BCUT2D eigenvalue weighted by Gasteiger charge is 2.13. The van der Waals surface area contributed by atoms with E-state index in [0.29, 0.717) is 29.2 Å². The molecular weight excluding hydrogens is 280 g/mol. The maximum Gasteiger partial charge on any atom is 0.255 e. The van der Waals surface area contributed by atoms with Gasteiger partial charge >= 0.3 is 0 Å². The van der Waals surface area contributed by atoms with Gasteiger partial charge in [0.15, 0.2) is 0 Å². The van der Waals surface area contributed by atoms with E-state index < -0.39 is 0 Å². The van der Waals surface area contributed by atoms with Crippen LogP contribution in [0.3, 0.4) is 0 Å². The summed E-state index contributed by atoms with van der Waals surface area (Å²) in [5, 5.41) is 5.31. The Kier molecular flexibility index (Phi) is 5.14. The van der Waals surface area contributed by atoms with Crippen LogP contribution in [0, 0.1) is 0 Å². The number of carbonyl (C=O) groups is 2. The molecule has 0 atom stereocenters. The summed E-state index contributed by atoms with van der Waals surface area (Å²) in [6.07, 6.45) is 0. The van der Waals surface area contributed by atoms with Gasteiger partial charge in [0.1, 0.15) is 5.75 Å². The van der Waals surface area contributed by atoms with Crippen LogP contribution in [-0.4, -0.2) is 25.5 Å². The molecule has 0 saturated carbocycles. The van der Waals surface area contributed by atoms with Crippen molar-refractivity contribution in [3.05, 3.63) is 59.7 Å². The highest BCUT2D eigenvalue weighted by atomic mass is 16.5. The van der Waals surface area contributed by atoms with Crippen LogP contribution in [0.4, 0.5) is 5.69 Å². The lowest BCUT2D eigenvalue weighted by molar-refractivity contribution is 0.0964. The lowest BCUT2D eigenvalue weighted by atomic mass is 10.1. The van der Waals surface area contributed by atoms with Crippen LogP contribution in [-0.2, 0) is 0 Å². The molecule has 0 bridgehead atoms. The zero-order chi connectivity index (χ0) is 15.9. The Morgan fingerprint density at radius 2 is 1.82 bits per heavy atom. The average molecular weight is 298 g/mol. The van der Waals surface area contributed by atoms with Crippen LogP contribution in [0.2, 0.25) is 0 Å². The molecule has 2 rings (SSSR count). The molecule has 2 N–H and O–H groups in total. The molecule has 0 heterocycles. The van der Waals surface area contributed by atoms with Crippen LogP contribution in [0.25, 0.3) is 0 Å². The molecule has 2 amide bonds. The molecule has 5 nitrogen and oxygen atoms in total. The maximum atomic E-state index is 12.3. The van der Waals surface area contributed by atoms with Gasteiger partial charge in [0.25, 0.3) is 11.8 Å². The molecule has 0 unspecified atom stereocenters. The van der Waals surface area contributed by atoms with Crippen molar-refractivity contribution in [2.75, 3.05) is 19.0 Å². The summed E-state index contributed by atoms with van der Waals surface area (Å²) in [6.45, 7) is 2.41. The Morgan fingerprint density at radius 1 is 1.05 bits per heavy atom. The molecule has 0 spiro atoms. The average Bonchev–Trinajstić information content (AvgIpc) is 2.55. The first-order valence-corrected chi connectivity index (χ1v) is 7.01. The molecule has 114 valence electrons. The van der Waals surface area contributed by atoms with Crippen molar-refractivity contribution in [2.45, 2.75) is 6.92 Å². The van der Waals surface area contributed by atoms with Gasteiger partial charge in [0.05, 0.1) is 17.9 Å². The van der Waals surface area contributed by atoms with Gasteiger partial charge in [-0.3, -0.25) is 9.59 Å². The van der Waals surface area contributed by atoms with Gasteiger partial charge in [-0.05, 0) is 37.3 Å². The fourth-order valence-electron chi connectivity index (χ4n) is 2.01. The van der Waals surface area contributed by atoms with Gasteiger partial charge < -0.3 is 15.4 Å². The van der Waals surface area contributed by atoms with Gasteiger partial charge in [0, 0.05) is 12.6 Å². The van der Waals surface area contributed by atoms with Crippen molar-refractivity contribution in [2.24, 2.45) is 0 Å². The zero-order valence-corrected chi connectivity index (χ0v) is 12.6. The van der Waals surface area contributed by atoms with Crippen molar-refractivity contribution in [3.8, 4) is 5.75 Å². The summed E-state index contributed by atoms with van der Waals surface area (Å²) >= 11 is 0. The van der Waals surface area contributed by atoms with Gasteiger partial charge in [0.2, 0.25) is 0 Å². The fourth-order valence-corrected chi connectivity index (χ4v) is 2.01. The Morgan fingerprint density at radius 3 is 2.55 bits per heavy atom. The lowest BCUT2D eigenvalue weighted by Gasteiger charge is -2.11. The normalized spacial score (nSPS) is 9.91. The molecule has 0 aliphatic heterocycles. The number of amides is 2. The first-order chi connectivity index (χ1) is 10.7. The molecule has 2 aromatic rings. The Labute approximate surface area is 129 Å². The van der Waals surface area contributed by atoms with Gasteiger partial charge in [-0.25, -0.2) is 0 Å². The molecule has 0 aliphatic carbocycles. The number of hydrogen-bond donors (Lipinski definition) is 2. The van der Waals surface area contributed by atoms with Crippen LogP contribution in [0.1, 0.15) is 27.6 Å². The van der Waals surface area contributed by atoms with E-state index in [1.807, 2.05) is 6.92 Å². The number of anilines is 1. The fraction of sp³-hybridized carbons (Fsp3) is 0.176. The van der Waals surface area contributed by atoms with E-state index in [1.54, 1.807) is 55.6 Å².